The Bertz CT molecular complexity index is 510. The minimum atomic E-state index is -0.146. The molecule has 0 aromatic heterocycles. The molecule has 0 radical (unpaired) electrons. The molecule has 0 heterocycles. The minimum Gasteiger partial charge on any atom is -0.206 e. The van der Waals surface area contributed by atoms with Crippen molar-refractivity contribution in [2.24, 2.45) is 0 Å². The number of hydrogen-bond acceptors (Lipinski definition) is 0. The first-order valence-corrected chi connectivity index (χ1v) is 5.42. The molecule has 0 aliphatic carbocycles. The molecule has 0 unspecified atom stereocenters. The summed E-state index contributed by atoms with van der Waals surface area (Å²) in [7, 11) is 0. The lowest BCUT2D eigenvalue weighted by atomic mass is 9.99. The Kier molecular flexibility index (Phi) is 2.78. The van der Waals surface area contributed by atoms with Gasteiger partial charge in [-0.2, -0.15) is 0 Å². The van der Waals surface area contributed by atoms with E-state index in [9.17, 15) is 4.39 Å². The molecule has 16 heavy (non-hydrogen) atoms. The predicted octanol–water partition coefficient (Wildman–Crippen LogP) is 4.42. The highest BCUT2D eigenvalue weighted by Gasteiger charge is 2.06. The maximum absolute atomic E-state index is 13.8. The summed E-state index contributed by atoms with van der Waals surface area (Å²) in [5.41, 5.74) is 4.92. The third kappa shape index (κ3) is 1.99. The van der Waals surface area contributed by atoms with Crippen molar-refractivity contribution < 1.29 is 4.39 Å². The van der Waals surface area contributed by atoms with Gasteiger partial charge in [0.05, 0.1) is 0 Å². The van der Waals surface area contributed by atoms with E-state index < -0.39 is 0 Å². The van der Waals surface area contributed by atoms with E-state index in [1.54, 1.807) is 6.07 Å². The summed E-state index contributed by atoms with van der Waals surface area (Å²) in [4.78, 5) is 0. The van der Waals surface area contributed by atoms with Crippen molar-refractivity contribution >= 4 is 0 Å². The van der Waals surface area contributed by atoms with Gasteiger partial charge in [-0.15, -0.1) is 0 Å². The lowest BCUT2D eigenvalue weighted by molar-refractivity contribution is 0.629. The normalized spacial score (nSPS) is 10.5. The molecule has 0 aliphatic rings. The highest BCUT2D eigenvalue weighted by atomic mass is 19.1. The molecular weight excluding hydrogens is 199 g/mol. The van der Waals surface area contributed by atoms with Gasteiger partial charge in [0.1, 0.15) is 5.82 Å². The number of halogens is 1. The van der Waals surface area contributed by atoms with Crippen LogP contribution in [0.15, 0.2) is 36.4 Å². The van der Waals surface area contributed by atoms with Gasteiger partial charge in [-0.25, -0.2) is 4.39 Å². The molecule has 0 aliphatic heterocycles. The van der Waals surface area contributed by atoms with Crippen molar-refractivity contribution in [3.05, 3.63) is 58.9 Å². The first-order chi connectivity index (χ1) is 7.58. The summed E-state index contributed by atoms with van der Waals surface area (Å²) in [6.45, 7) is 5.96. The summed E-state index contributed by atoms with van der Waals surface area (Å²) in [5.74, 6) is -0.146. The average molecular weight is 214 g/mol. The Hall–Kier alpha value is -1.63. The fourth-order valence-electron chi connectivity index (χ4n) is 1.74. The fraction of sp³-hybridized carbons (Fsp3) is 0.200. The van der Waals surface area contributed by atoms with E-state index >= 15 is 0 Å². The van der Waals surface area contributed by atoms with E-state index in [4.69, 9.17) is 0 Å². The summed E-state index contributed by atoms with van der Waals surface area (Å²) in [5, 5.41) is 0. The highest BCUT2D eigenvalue weighted by Crippen LogP contribution is 2.25. The first-order valence-electron chi connectivity index (χ1n) is 5.42. The summed E-state index contributed by atoms with van der Waals surface area (Å²) in [6.07, 6.45) is 0. The van der Waals surface area contributed by atoms with Gasteiger partial charge in [-0.3, -0.25) is 0 Å². The van der Waals surface area contributed by atoms with E-state index in [0.717, 1.165) is 16.7 Å². The zero-order valence-corrected chi connectivity index (χ0v) is 9.84. The molecule has 2 aromatic rings. The topological polar surface area (TPSA) is 0 Å². The van der Waals surface area contributed by atoms with Crippen LogP contribution in [0.5, 0.6) is 0 Å². The summed E-state index contributed by atoms with van der Waals surface area (Å²) in [6, 6.07) is 11.4. The number of aryl methyl sites for hydroxylation is 3. The van der Waals surface area contributed by atoms with E-state index in [0.29, 0.717) is 5.56 Å². The van der Waals surface area contributed by atoms with Crippen LogP contribution in [0.4, 0.5) is 4.39 Å². The summed E-state index contributed by atoms with van der Waals surface area (Å²) < 4.78 is 13.8. The smallest absolute Gasteiger partial charge is 0.131 e. The second kappa shape index (κ2) is 4.09. The molecule has 0 atom stereocenters. The van der Waals surface area contributed by atoms with Crippen LogP contribution in [0, 0.1) is 26.6 Å². The Morgan fingerprint density at radius 3 is 2.00 bits per heavy atom. The number of hydrogen-bond donors (Lipinski definition) is 0. The van der Waals surface area contributed by atoms with E-state index in [1.165, 1.54) is 5.56 Å². The number of rotatable bonds is 1. The third-order valence-electron chi connectivity index (χ3n) is 2.95. The molecule has 0 saturated heterocycles. The van der Waals surface area contributed by atoms with Gasteiger partial charge >= 0.3 is 0 Å². The second-order valence-corrected chi connectivity index (χ2v) is 4.28. The number of benzene rings is 2. The molecule has 0 spiro atoms. The standard InChI is InChI=1S/C15H15F/c1-10-4-6-13(7-5-10)14-8-11(2)12(3)9-15(14)16/h4-9H,1-3H3. The zero-order valence-electron chi connectivity index (χ0n) is 9.84. The van der Waals surface area contributed by atoms with Gasteiger partial charge in [0.2, 0.25) is 0 Å². The van der Waals surface area contributed by atoms with Crippen LogP contribution in [-0.2, 0) is 0 Å². The lowest BCUT2D eigenvalue weighted by Gasteiger charge is -2.07. The van der Waals surface area contributed by atoms with Crippen molar-refractivity contribution in [2.45, 2.75) is 20.8 Å². The van der Waals surface area contributed by atoms with E-state index in [-0.39, 0.29) is 5.82 Å². The lowest BCUT2D eigenvalue weighted by Crippen LogP contribution is -1.89. The van der Waals surface area contributed by atoms with Crippen LogP contribution < -0.4 is 0 Å². The van der Waals surface area contributed by atoms with Crippen molar-refractivity contribution in [3.8, 4) is 11.1 Å². The van der Waals surface area contributed by atoms with Crippen molar-refractivity contribution in [1.29, 1.82) is 0 Å². The minimum absolute atomic E-state index is 0.146. The van der Waals surface area contributed by atoms with E-state index in [2.05, 4.69) is 0 Å². The fourth-order valence-corrected chi connectivity index (χ4v) is 1.74. The van der Waals surface area contributed by atoms with Gasteiger partial charge in [0.15, 0.2) is 0 Å². The van der Waals surface area contributed by atoms with Crippen molar-refractivity contribution in [1.82, 2.24) is 0 Å². The molecule has 0 fully saturated rings. The highest BCUT2D eigenvalue weighted by molar-refractivity contribution is 5.65. The van der Waals surface area contributed by atoms with Crippen LogP contribution in [0.2, 0.25) is 0 Å². The van der Waals surface area contributed by atoms with Crippen LogP contribution in [0.25, 0.3) is 11.1 Å². The maximum Gasteiger partial charge on any atom is 0.131 e. The average Bonchev–Trinajstić information content (AvgIpc) is 2.25. The Morgan fingerprint density at radius 1 is 0.812 bits per heavy atom. The maximum atomic E-state index is 13.8. The molecule has 2 rings (SSSR count). The molecular formula is C15H15F. The quantitative estimate of drug-likeness (QED) is 0.659. The SMILES string of the molecule is Cc1ccc(-c2cc(C)c(C)cc2F)cc1. The zero-order chi connectivity index (χ0) is 11.7. The molecule has 0 amide bonds. The second-order valence-electron chi connectivity index (χ2n) is 4.28. The molecule has 2 aromatic carbocycles. The van der Waals surface area contributed by atoms with Crippen LogP contribution in [0.3, 0.4) is 0 Å². The van der Waals surface area contributed by atoms with Gasteiger partial charge in [-0.1, -0.05) is 29.8 Å². The Labute approximate surface area is 95.7 Å². The predicted molar refractivity (Wildman–Crippen MR) is 66.0 cm³/mol. The van der Waals surface area contributed by atoms with E-state index in [1.807, 2.05) is 51.1 Å². The Morgan fingerprint density at radius 2 is 1.38 bits per heavy atom. The van der Waals surface area contributed by atoms with Crippen LogP contribution >= 0.6 is 0 Å². The first kappa shape index (κ1) is 10.9. The molecule has 1 heteroatoms. The molecule has 82 valence electrons. The molecule has 0 bridgehead atoms. The van der Waals surface area contributed by atoms with Gasteiger partial charge < -0.3 is 0 Å². The third-order valence-corrected chi connectivity index (χ3v) is 2.95. The van der Waals surface area contributed by atoms with Crippen LogP contribution in [0.1, 0.15) is 16.7 Å². The monoisotopic (exact) mass is 214 g/mol. The largest absolute Gasteiger partial charge is 0.206 e. The molecule has 0 nitrogen and oxygen atoms in total. The Balaban J connectivity index is 2.56. The van der Waals surface area contributed by atoms with Crippen molar-refractivity contribution in [3.63, 3.8) is 0 Å². The molecule has 0 saturated carbocycles. The van der Waals surface area contributed by atoms with Gasteiger partial charge in [-0.05, 0) is 49.6 Å². The van der Waals surface area contributed by atoms with Gasteiger partial charge in [0.25, 0.3) is 0 Å². The summed E-state index contributed by atoms with van der Waals surface area (Å²) >= 11 is 0. The molecule has 0 N–H and O–H groups in total. The van der Waals surface area contributed by atoms with Crippen molar-refractivity contribution in [2.75, 3.05) is 0 Å². The van der Waals surface area contributed by atoms with Gasteiger partial charge in [0, 0.05) is 5.56 Å². The van der Waals surface area contributed by atoms with Crippen LogP contribution in [-0.4, -0.2) is 0 Å².